The Morgan fingerprint density at radius 3 is 2.77 bits per heavy atom. The van der Waals surface area contributed by atoms with Gasteiger partial charge in [0.1, 0.15) is 6.07 Å². The minimum atomic E-state index is -0.312. The van der Waals surface area contributed by atoms with Crippen LogP contribution in [0, 0.1) is 11.3 Å². The fourth-order valence-corrected chi connectivity index (χ4v) is 2.88. The first-order valence-electron chi connectivity index (χ1n) is 8.09. The van der Waals surface area contributed by atoms with Gasteiger partial charge < -0.3 is 10.3 Å². The van der Waals surface area contributed by atoms with Crippen molar-refractivity contribution in [3.05, 3.63) is 78.1 Å². The Kier molecular flexibility index (Phi) is 3.92. The fraction of sp³-hybridized carbons (Fsp3) is 0. The topological polar surface area (TPSA) is 81.6 Å². The number of H-pyrrole nitrogens is 1. The Morgan fingerprint density at radius 1 is 1.08 bits per heavy atom. The summed E-state index contributed by atoms with van der Waals surface area (Å²) in [6.07, 6.45) is 4.83. The van der Waals surface area contributed by atoms with Crippen LogP contribution in [0.25, 0.3) is 27.9 Å². The third kappa shape index (κ3) is 2.92. The number of nitrogens with one attached hydrogen (secondary N) is 2. The van der Waals surface area contributed by atoms with E-state index in [-0.39, 0.29) is 5.91 Å². The molecule has 2 aromatic heterocycles. The average Bonchev–Trinajstić information content (AvgIpc) is 3.05. The van der Waals surface area contributed by atoms with Crippen molar-refractivity contribution in [3.63, 3.8) is 0 Å². The van der Waals surface area contributed by atoms with Crippen molar-refractivity contribution in [1.29, 1.82) is 5.26 Å². The first-order chi connectivity index (χ1) is 12.7. The molecule has 1 amide bonds. The highest BCUT2D eigenvalue weighted by Gasteiger charge is 2.06. The van der Waals surface area contributed by atoms with Crippen molar-refractivity contribution in [2.24, 2.45) is 0 Å². The molecule has 0 radical (unpaired) electrons. The van der Waals surface area contributed by atoms with Crippen LogP contribution in [0.4, 0.5) is 5.69 Å². The minimum Gasteiger partial charge on any atom is -0.353 e. The normalized spacial score (nSPS) is 11.0. The predicted molar refractivity (Wildman–Crippen MR) is 102 cm³/mol. The molecule has 0 bridgehead atoms. The van der Waals surface area contributed by atoms with Gasteiger partial charge in [-0.25, -0.2) is 0 Å². The van der Waals surface area contributed by atoms with Gasteiger partial charge in [-0.1, -0.05) is 30.3 Å². The molecule has 2 heterocycles. The Labute approximate surface area is 149 Å². The monoisotopic (exact) mass is 338 g/mol. The quantitative estimate of drug-likeness (QED) is 0.548. The van der Waals surface area contributed by atoms with E-state index in [4.69, 9.17) is 5.26 Å². The molecule has 2 N–H and O–H groups in total. The molecule has 0 aliphatic carbocycles. The zero-order valence-electron chi connectivity index (χ0n) is 13.7. The summed E-state index contributed by atoms with van der Waals surface area (Å²) in [5, 5.41) is 14.0. The van der Waals surface area contributed by atoms with E-state index in [1.54, 1.807) is 36.5 Å². The molecule has 0 fully saturated rings. The molecule has 5 heteroatoms. The van der Waals surface area contributed by atoms with E-state index < -0.39 is 0 Å². The Hall–Kier alpha value is -3.91. The average molecular weight is 338 g/mol. The van der Waals surface area contributed by atoms with Gasteiger partial charge >= 0.3 is 0 Å². The van der Waals surface area contributed by atoms with Crippen LogP contribution in [0.15, 0.2) is 66.9 Å². The lowest BCUT2D eigenvalue weighted by Crippen LogP contribution is -2.08. The van der Waals surface area contributed by atoms with E-state index in [9.17, 15) is 4.79 Å². The molecule has 0 atom stereocenters. The number of carbonyl (C=O) groups excluding carboxylic acids is 1. The number of nitrogens with zero attached hydrogens (tertiary/aromatic N) is 2. The molecule has 2 aromatic carbocycles. The smallest absolute Gasteiger partial charge is 0.248 e. The lowest BCUT2D eigenvalue weighted by atomic mass is 10.1. The Balaban J connectivity index is 1.59. The highest BCUT2D eigenvalue weighted by molar-refractivity contribution is 6.08. The van der Waals surface area contributed by atoms with E-state index in [0.717, 1.165) is 21.8 Å². The highest BCUT2D eigenvalue weighted by Crippen LogP contribution is 2.25. The van der Waals surface area contributed by atoms with E-state index in [1.807, 2.05) is 30.3 Å². The number of rotatable bonds is 3. The molecule has 0 aliphatic heterocycles. The molecule has 4 rings (SSSR count). The number of amides is 1. The van der Waals surface area contributed by atoms with Crippen LogP contribution in [0.2, 0.25) is 0 Å². The van der Waals surface area contributed by atoms with Gasteiger partial charge in [0.25, 0.3) is 0 Å². The van der Waals surface area contributed by atoms with Crippen LogP contribution in [0.3, 0.4) is 0 Å². The summed E-state index contributed by atoms with van der Waals surface area (Å²) in [6, 6.07) is 18.9. The maximum atomic E-state index is 12.1. The van der Waals surface area contributed by atoms with E-state index >= 15 is 0 Å². The number of pyridine rings is 1. The molecule has 0 aliphatic rings. The van der Waals surface area contributed by atoms with Gasteiger partial charge in [-0.3, -0.25) is 9.78 Å². The SMILES string of the molecule is N#Cc1ccccc1NC(=O)/C=C/c1cc2c(cn1)[nH]c1ccccc12. The summed E-state index contributed by atoms with van der Waals surface area (Å²) in [5.41, 5.74) is 3.61. The van der Waals surface area contributed by atoms with Gasteiger partial charge in [-0.15, -0.1) is 0 Å². The lowest BCUT2D eigenvalue weighted by molar-refractivity contribution is -0.111. The third-order valence-corrected chi connectivity index (χ3v) is 4.12. The molecule has 26 heavy (non-hydrogen) atoms. The summed E-state index contributed by atoms with van der Waals surface area (Å²) in [4.78, 5) is 19.8. The number of aromatic amines is 1. The standard InChI is InChI=1S/C21H14N4O/c22-12-14-5-1-3-7-18(14)25-21(26)10-9-15-11-17-16-6-2-4-8-19(16)24-20(17)13-23-15/h1-11,13,24H,(H,25,26)/b10-9+. The predicted octanol–water partition coefficient (Wildman–Crippen LogP) is 4.24. The lowest BCUT2D eigenvalue weighted by Gasteiger charge is -2.03. The van der Waals surface area contributed by atoms with E-state index in [2.05, 4.69) is 21.4 Å². The first kappa shape index (κ1) is 15.6. The second-order valence-electron chi connectivity index (χ2n) is 5.81. The van der Waals surface area contributed by atoms with Gasteiger partial charge in [0.05, 0.1) is 28.7 Å². The van der Waals surface area contributed by atoms with Crippen LogP contribution >= 0.6 is 0 Å². The molecule has 0 saturated carbocycles. The zero-order valence-corrected chi connectivity index (χ0v) is 13.7. The van der Waals surface area contributed by atoms with Gasteiger partial charge in [-0.2, -0.15) is 5.26 Å². The van der Waals surface area contributed by atoms with Crippen LogP contribution in [0.1, 0.15) is 11.3 Å². The molecule has 5 nitrogen and oxygen atoms in total. The number of fused-ring (bicyclic) bond motifs is 3. The summed E-state index contributed by atoms with van der Waals surface area (Å²) in [6.45, 7) is 0. The summed E-state index contributed by atoms with van der Waals surface area (Å²) in [5.74, 6) is -0.312. The van der Waals surface area contributed by atoms with E-state index in [0.29, 0.717) is 16.9 Å². The van der Waals surface area contributed by atoms with Gasteiger partial charge in [0.15, 0.2) is 0 Å². The minimum absolute atomic E-state index is 0.312. The molecular formula is C21H14N4O. The fourth-order valence-electron chi connectivity index (χ4n) is 2.88. The van der Waals surface area contributed by atoms with Crippen LogP contribution in [-0.2, 0) is 4.79 Å². The number of carbonyl (C=O) groups is 1. The van der Waals surface area contributed by atoms with Gasteiger partial charge in [0.2, 0.25) is 5.91 Å². The molecule has 0 unspecified atom stereocenters. The molecule has 4 aromatic rings. The van der Waals surface area contributed by atoms with Crippen LogP contribution in [0.5, 0.6) is 0 Å². The summed E-state index contributed by atoms with van der Waals surface area (Å²) in [7, 11) is 0. The highest BCUT2D eigenvalue weighted by atomic mass is 16.1. The second kappa shape index (κ2) is 6.54. The summed E-state index contributed by atoms with van der Waals surface area (Å²) >= 11 is 0. The Bertz CT molecular complexity index is 1200. The van der Waals surface area contributed by atoms with Crippen molar-refractivity contribution in [3.8, 4) is 6.07 Å². The number of nitriles is 1. The van der Waals surface area contributed by atoms with Crippen molar-refractivity contribution < 1.29 is 4.79 Å². The zero-order chi connectivity index (χ0) is 17.9. The number of hydrogen-bond donors (Lipinski definition) is 2. The number of aromatic nitrogens is 2. The van der Waals surface area contributed by atoms with Crippen molar-refractivity contribution in [1.82, 2.24) is 9.97 Å². The van der Waals surface area contributed by atoms with Crippen molar-refractivity contribution in [2.75, 3.05) is 5.32 Å². The van der Waals surface area contributed by atoms with Crippen LogP contribution in [-0.4, -0.2) is 15.9 Å². The molecule has 0 spiro atoms. The van der Waals surface area contributed by atoms with E-state index in [1.165, 1.54) is 6.08 Å². The van der Waals surface area contributed by atoms with Crippen molar-refractivity contribution in [2.45, 2.75) is 0 Å². The number of benzene rings is 2. The third-order valence-electron chi connectivity index (χ3n) is 4.12. The van der Waals surface area contributed by atoms with Crippen molar-refractivity contribution >= 4 is 39.5 Å². The second-order valence-corrected chi connectivity index (χ2v) is 5.81. The van der Waals surface area contributed by atoms with Gasteiger partial charge in [0, 0.05) is 22.4 Å². The summed E-state index contributed by atoms with van der Waals surface area (Å²) < 4.78 is 0. The molecule has 124 valence electrons. The largest absolute Gasteiger partial charge is 0.353 e. The number of para-hydroxylation sites is 2. The number of hydrogen-bond acceptors (Lipinski definition) is 3. The maximum absolute atomic E-state index is 12.1. The van der Waals surface area contributed by atoms with Gasteiger partial charge in [-0.05, 0) is 30.3 Å². The molecule has 0 saturated heterocycles. The molecular weight excluding hydrogens is 324 g/mol. The Morgan fingerprint density at radius 2 is 1.88 bits per heavy atom. The first-order valence-corrected chi connectivity index (χ1v) is 8.09. The number of anilines is 1. The van der Waals surface area contributed by atoms with Crippen LogP contribution < -0.4 is 5.32 Å². The maximum Gasteiger partial charge on any atom is 0.248 e.